The van der Waals surface area contributed by atoms with Gasteiger partial charge in [0.05, 0.1) is 11.8 Å². The van der Waals surface area contributed by atoms with Crippen molar-refractivity contribution in [3.8, 4) is 0 Å². The van der Waals surface area contributed by atoms with Gasteiger partial charge in [0.1, 0.15) is 12.2 Å². The predicted molar refractivity (Wildman–Crippen MR) is 62.1 cm³/mol. The molecule has 0 saturated heterocycles. The van der Waals surface area contributed by atoms with Crippen molar-refractivity contribution in [2.45, 2.75) is 33.2 Å². The van der Waals surface area contributed by atoms with E-state index in [1.54, 1.807) is 13.3 Å². The molecule has 1 heterocycles. The molecule has 2 unspecified atom stereocenters. The van der Waals surface area contributed by atoms with Crippen molar-refractivity contribution in [3.63, 3.8) is 0 Å². The van der Waals surface area contributed by atoms with Gasteiger partial charge in [-0.2, -0.15) is 0 Å². The van der Waals surface area contributed by atoms with E-state index >= 15 is 0 Å². The van der Waals surface area contributed by atoms with Crippen LogP contribution in [0.4, 0.5) is 0 Å². The van der Waals surface area contributed by atoms with E-state index in [2.05, 4.69) is 20.5 Å². The summed E-state index contributed by atoms with van der Waals surface area (Å²) in [7, 11) is 0. The molecule has 1 aliphatic heterocycles. The van der Waals surface area contributed by atoms with Gasteiger partial charge in [0.2, 0.25) is 0 Å². The Hall–Kier alpha value is -1.39. The van der Waals surface area contributed by atoms with Gasteiger partial charge in [-0.1, -0.05) is 12.1 Å². The Morgan fingerprint density at radius 1 is 1.80 bits per heavy atom. The summed E-state index contributed by atoms with van der Waals surface area (Å²) in [4.78, 5) is 8.43. The highest BCUT2D eigenvalue weighted by Crippen LogP contribution is 2.15. The lowest BCUT2D eigenvalue weighted by Gasteiger charge is -2.22. The van der Waals surface area contributed by atoms with Gasteiger partial charge in [0, 0.05) is 18.9 Å². The number of nitrogens with zero attached hydrogens (tertiary/aromatic N) is 3. The predicted octanol–water partition coefficient (Wildman–Crippen LogP) is 1.28. The van der Waals surface area contributed by atoms with Crippen molar-refractivity contribution < 1.29 is 5.21 Å². The lowest BCUT2D eigenvalue weighted by Crippen LogP contribution is -2.34. The average Bonchev–Trinajstić information content (AvgIpc) is 2.28. The van der Waals surface area contributed by atoms with Crippen molar-refractivity contribution in [2.24, 2.45) is 21.1 Å². The zero-order chi connectivity index (χ0) is 11.3. The molecule has 5 nitrogen and oxygen atoms in total. The first-order valence-corrected chi connectivity index (χ1v) is 5.19. The Morgan fingerprint density at radius 2 is 2.53 bits per heavy atom. The molecule has 0 saturated carbocycles. The van der Waals surface area contributed by atoms with Crippen LogP contribution >= 0.6 is 0 Å². The van der Waals surface area contributed by atoms with Crippen molar-refractivity contribution in [3.05, 3.63) is 0 Å². The largest absolute Gasteiger partial charge is 0.411 e. The number of amidine groups is 1. The van der Waals surface area contributed by atoms with Crippen LogP contribution in [0.3, 0.4) is 0 Å². The first kappa shape index (κ1) is 11.7. The molecule has 84 valence electrons. The zero-order valence-corrected chi connectivity index (χ0v) is 9.44. The maximum atomic E-state index is 8.70. The van der Waals surface area contributed by atoms with E-state index in [9.17, 15) is 0 Å². The smallest absolute Gasteiger partial charge is 0.112 e. The summed E-state index contributed by atoms with van der Waals surface area (Å²) in [5.41, 5.74) is 0.704. The topological polar surface area (TPSA) is 69.3 Å². The van der Waals surface area contributed by atoms with Crippen molar-refractivity contribution in [1.29, 1.82) is 0 Å². The summed E-state index contributed by atoms with van der Waals surface area (Å²) < 4.78 is 0. The molecule has 0 aromatic carbocycles. The van der Waals surface area contributed by atoms with E-state index in [-0.39, 0.29) is 12.0 Å². The van der Waals surface area contributed by atoms with Crippen LogP contribution in [0.1, 0.15) is 27.2 Å². The van der Waals surface area contributed by atoms with Gasteiger partial charge in [-0.05, 0) is 13.8 Å². The minimum absolute atomic E-state index is 0.118. The van der Waals surface area contributed by atoms with Crippen LogP contribution in [0, 0.1) is 5.92 Å². The Labute approximate surface area is 90.0 Å². The van der Waals surface area contributed by atoms with E-state index in [1.807, 2.05) is 13.8 Å². The first-order chi connectivity index (χ1) is 7.19. The third-order valence-corrected chi connectivity index (χ3v) is 2.65. The molecule has 0 spiro atoms. The molecule has 0 aromatic rings. The molecule has 0 radical (unpaired) electrons. The Morgan fingerprint density at radius 3 is 3.13 bits per heavy atom. The maximum absolute atomic E-state index is 8.70. The fourth-order valence-electron chi connectivity index (χ4n) is 1.49. The van der Waals surface area contributed by atoms with E-state index in [0.717, 1.165) is 18.8 Å². The fraction of sp³-hybridized carbons (Fsp3) is 0.700. The highest BCUT2D eigenvalue weighted by Gasteiger charge is 2.22. The van der Waals surface area contributed by atoms with Gasteiger partial charge in [-0.25, -0.2) is 4.99 Å². The monoisotopic (exact) mass is 210 g/mol. The summed E-state index contributed by atoms with van der Waals surface area (Å²) in [6, 6.07) is 0.118. The van der Waals surface area contributed by atoms with Crippen LogP contribution in [-0.4, -0.2) is 35.7 Å². The van der Waals surface area contributed by atoms with Crippen molar-refractivity contribution in [1.82, 2.24) is 5.32 Å². The van der Waals surface area contributed by atoms with E-state index < -0.39 is 0 Å². The van der Waals surface area contributed by atoms with Gasteiger partial charge in [0.25, 0.3) is 0 Å². The first-order valence-electron chi connectivity index (χ1n) is 5.19. The Balaban J connectivity index is 2.61. The SMILES string of the molecule is CCNC1=NC=NC(C(C)/C(C)=N\O)C1. The van der Waals surface area contributed by atoms with Crippen LogP contribution in [0.2, 0.25) is 0 Å². The third kappa shape index (κ3) is 3.04. The lowest BCUT2D eigenvalue weighted by molar-refractivity contribution is 0.313. The third-order valence-electron chi connectivity index (χ3n) is 2.65. The summed E-state index contributed by atoms with van der Waals surface area (Å²) in [5.74, 6) is 1.09. The minimum atomic E-state index is 0.118. The molecule has 1 aliphatic rings. The van der Waals surface area contributed by atoms with Gasteiger partial charge >= 0.3 is 0 Å². The van der Waals surface area contributed by atoms with Crippen LogP contribution in [0.5, 0.6) is 0 Å². The standard InChI is InChI=1S/C10H18N4O/c1-4-11-10-5-9(12-6-13-10)7(2)8(3)14-15/h6-7,9,15H,4-5H2,1-3H3,(H,11,12,13)/b14-8-. The summed E-state index contributed by atoms with van der Waals surface area (Å²) in [6.07, 6.45) is 2.35. The number of aliphatic imine (C=N–C) groups is 2. The number of hydrogen-bond acceptors (Lipinski definition) is 5. The average molecular weight is 210 g/mol. The molecular formula is C10H18N4O. The molecule has 0 bridgehead atoms. The molecule has 1 rings (SSSR count). The number of hydrogen-bond donors (Lipinski definition) is 2. The molecule has 2 atom stereocenters. The second kappa shape index (κ2) is 5.48. The summed E-state index contributed by atoms with van der Waals surface area (Å²) >= 11 is 0. The zero-order valence-electron chi connectivity index (χ0n) is 9.44. The fourth-order valence-corrected chi connectivity index (χ4v) is 1.49. The van der Waals surface area contributed by atoms with Gasteiger partial charge in [-0.3, -0.25) is 4.99 Å². The van der Waals surface area contributed by atoms with Crippen LogP contribution in [-0.2, 0) is 0 Å². The van der Waals surface area contributed by atoms with E-state index in [1.165, 1.54) is 0 Å². The molecule has 0 aliphatic carbocycles. The lowest BCUT2D eigenvalue weighted by atomic mass is 9.94. The molecule has 2 N–H and O–H groups in total. The Bertz CT molecular complexity index is 296. The number of nitrogens with one attached hydrogen (secondary N) is 1. The van der Waals surface area contributed by atoms with Crippen LogP contribution in [0.15, 0.2) is 15.1 Å². The second-order valence-corrected chi connectivity index (χ2v) is 3.67. The maximum Gasteiger partial charge on any atom is 0.112 e. The van der Waals surface area contributed by atoms with Crippen LogP contribution in [0.25, 0.3) is 0 Å². The molecule has 5 heteroatoms. The summed E-state index contributed by atoms with van der Waals surface area (Å²) in [6.45, 7) is 6.71. The van der Waals surface area contributed by atoms with Crippen LogP contribution < -0.4 is 5.32 Å². The quantitative estimate of drug-likeness (QED) is 0.418. The van der Waals surface area contributed by atoms with Gasteiger partial charge in [0.15, 0.2) is 0 Å². The van der Waals surface area contributed by atoms with E-state index in [0.29, 0.717) is 5.71 Å². The highest BCUT2D eigenvalue weighted by atomic mass is 16.4. The normalized spacial score (nSPS) is 23.5. The van der Waals surface area contributed by atoms with Gasteiger partial charge in [-0.15, -0.1) is 0 Å². The summed E-state index contributed by atoms with van der Waals surface area (Å²) in [5, 5.41) is 15.1. The Kier molecular flexibility index (Phi) is 4.27. The molecule has 15 heavy (non-hydrogen) atoms. The molecule has 0 fully saturated rings. The molecule has 0 aromatic heterocycles. The van der Waals surface area contributed by atoms with E-state index in [4.69, 9.17) is 5.21 Å². The number of oxime groups is 1. The minimum Gasteiger partial charge on any atom is -0.411 e. The molecular weight excluding hydrogens is 192 g/mol. The van der Waals surface area contributed by atoms with Gasteiger partial charge < -0.3 is 10.5 Å². The van der Waals surface area contributed by atoms with Crippen molar-refractivity contribution >= 4 is 17.9 Å². The second-order valence-electron chi connectivity index (χ2n) is 3.67. The number of rotatable bonds is 3. The van der Waals surface area contributed by atoms with Crippen molar-refractivity contribution in [2.75, 3.05) is 6.54 Å². The molecule has 0 amide bonds. The highest BCUT2D eigenvalue weighted by molar-refractivity contribution is 5.92.